The molecule has 0 unspecified atom stereocenters. The van der Waals surface area contributed by atoms with Crippen molar-refractivity contribution in [2.75, 3.05) is 5.32 Å². The first-order valence-electron chi connectivity index (χ1n) is 6.85. The normalized spacial score (nSPS) is 13.9. The van der Waals surface area contributed by atoms with E-state index in [2.05, 4.69) is 11.4 Å². The molecule has 21 heavy (non-hydrogen) atoms. The number of hydrogen-bond acceptors (Lipinski definition) is 5. The van der Waals surface area contributed by atoms with E-state index >= 15 is 0 Å². The number of nitrogens with zero attached hydrogens (tertiary/aromatic N) is 1. The largest absolute Gasteiger partial charge is 0.461 e. The highest BCUT2D eigenvalue weighted by Gasteiger charge is 2.20. The number of fused-ring (bicyclic) bond motifs is 1. The Morgan fingerprint density at radius 1 is 1.43 bits per heavy atom. The van der Waals surface area contributed by atoms with Gasteiger partial charge in [-0.2, -0.15) is 5.26 Å². The fraction of sp³-hybridized carbons (Fsp3) is 0.250. The molecule has 0 aromatic carbocycles. The van der Waals surface area contributed by atoms with Gasteiger partial charge in [-0.25, -0.2) is 0 Å². The number of furan rings is 1. The van der Waals surface area contributed by atoms with Crippen LogP contribution in [0, 0.1) is 11.3 Å². The van der Waals surface area contributed by atoms with Gasteiger partial charge in [0.1, 0.15) is 11.1 Å². The fourth-order valence-electron chi connectivity index (χ4n) is 2.48. The second-order valence-electron chi connectivity index (χ2n) is 4.85. The molecule has 0 amide bonds. The van der Waals surface area contributed by atoms with E-state index in [1.54, 1.807) is 29.7 Å². The molecule has 1 N–H and O–H groups in total. The van der Waals surface area contributed by atoms with Crippen LogP contribution in [0.15, 0.2) is 35.1 Å². The molecular weight excluding hydrogens is 284 g/mol. The average Bonchev–Trinajstić information content (AvgIpc) is 3.14. The van der Waals surface area contributed by atoms with Gasteiger partial charge < -0.3 is 9.73 Å². The lowest BCUT2D eigenvalue weighted by Crippen LogP contribution is -2.00. The van der Waals surface area contributed by atoms with Crippen molar-refractivity contribution in [3.8, 4) is 6.07 Å². The summed E-state index contributed by atoms with van der Waals surface area (Å²) in [5.74, 6) is 0.103. The highest BCUT2D eigenvalue weighted by atomic mass is 32.1. The monoisotopic (exact) mass is 298 g/mol. The summed E-state index contributed by atoms with van der Waals surface area (Å²) in [6, 6.07) is 5.58. The lowest BCUT2D eigenvalue weighted by molar-refractivity contribution is 0.102. The Bertz CT molecular complexity index is 720. The Hall–Kier alpha value is -2.32. The van der Waals surface area contributed by atoms with Gasteiger partial charge in [0.05, 0.1) is 11.8 Å². The highest BCUT2D eigenvalue weighted by Crippen LogP contribution is 2.37. The van der Waals surface area contributed by atoms with E-state index in [0.717, 1.165) is 29.8 Å². The van der Waals surface area contributed by atoms with E-state index < -0.39 is 0 Å². The summed E-state index contributed by atoms with van der Waals surface area (Å²) in [6.07, 6.45) is 8.81. The van der Waals surface area contributed by atoms with Crippen molar-refractivity contribution in [2.24, 2.45) is 0 Å². The first-order chi connectivity index (χ1) is 10.3. The molecule has 0 spiro atoms. The SMILES string of the molecule is N#Cc1c(N/C=C\C(=O)c2ccco2)sc2c1CCCC2. The van der Waals surface area contributed by atoms with Crippen LogP contribution in [0.3, 0.4) is 0 Å². The minimum atomic E-state index is -0.202. The number of rotatable bonds is 4. The number of thiophene rings is 1. The molecule has 2 aromatic heterocycles. The molecule has 0 aliphatic heterocycles. The van der Waals surface area contributed by atoms with Gasteiger partial charge in [-0.15, -0.1) is 11.3 Å². The smallest absolute Gasteiger partial charge is 0.222 e. The summed E-state index contributed by atoms with van der Waals surface area (Å²) in [5, 5.41) is 13.2. The summed E-state index contributed by atoms with van der Waals surface area (Å²) < 4.78 is 5.03. The van der Waals surface area contributed by atoms with Gasteiger partial charge in [0.25, 0.3) is 0 Å². The quantitative estimate of drug-likeness (QED) is 0.686. The van der Waals surface area contributed by atoms with Crippen molar-refractivity contribution in [2.45, 2.75) is 25.7 Å². The Kier molecular flexibility index (Phi) is 3.89. The van der Waals surface area contributed by atoms with Crippen molar-refractivity contribution >= 4 is 22.1 Å². The van der Waals surface area contributed by atoms with E-state index in [1.807, 2.05) is 0 Å². The first-order valence-corrected chi connectivity index (χ1v) is 7.67. The third kappa shape index (κ3) is 2.76. The molecule has 106 valence electrons. The number of anilines is 1. The van der Waals surface area contributed by atoms with Gasteiger partial charge in [-0.3, -0.25) is 4.79 Å². The number of ketones is 1. The van der Waals surface area contributed by atoms with Crippen LogP contribution in [0.1, 0.15) is 39.4 Å². The van der Waals surface area contributed by atoms with Gasteiger partial charge in [0.2, 0.25) is 5.78 Å². The standard InChI is InChI=1S/C16H14N2O2S/c17-10-12-11-4-1-2-6-15(11)21-16(12)18-8-7-13(19)14-5-3-9-20-14/h3,5,7-9,18H,1-2,4,6H2/b8-7-. The summed E-state index contributed by atoms with van der Waals surface area (Å²) >= 11 is 1.62. The van der Waals surface area contributed by atoms with Crippen LogP contribution in [-0.4, -0.2) is 5.78 Å². The molecule has 0 saturated heterocycles. The summed E-state index contributed by atoms with van der Waals surface area (Å²) in [4.78, 5) is 13.1. The Labute approximate surface area is 126 Å². The molecule has 0 saturated carbocycles. The summed E-state index contributed by atoms with van der Waals surface area (Å²) in [7, 11) is 0. The molecule has 0 fully saturated rings. The van der Waals surface area contributed by atoms with Gasteiger partial charge >= 0.3 is 0 Å². The average molecular weight is 298 g/mol. The first kappa shape index (κ1) is 13.7. The summed E-state index contributed by atoms with van der Waals surface area (Å²) in [5.41, 5.74) is 1.91. The molecule has 0 radical (unpaired) electrons. The predicted octanol–water partition coefficient (Wildman–Crippen LogP) is 3.90. The topological polar surface area (TPSA) is 66.0 Å². The maximum atomic E-state index is 11.8. The second-order valence-corrected chi connectivity index (χ2v) is 5.95. The van der Waals surface area contributed by atoms with E-state index in [9.17, 15) is 10.1 Å². The Morgan fingerprint density at radius 2 is 2.29 bits per heavy atom. The number of carbonyl (C=O) groups excluding carboxylic acids is 1. The number of hydrogen-bond donors (Lipinski definition) is 1. The molecule has 5 heteroatoms. The molecule has 1 aliphatic carbocycles. The molecule has 4 nitrogen and oxygen atoms in total. The number of nitriles is 1. The lowest BCUT2D eigenvalue weighted by atomic mass is 9.96. The van der Waals surface area contributed by atoms with Gasteiger partial charge in [0.15, 0.2) is 5.76 Å². The van der Waals surface area contributed by atoms with Crippen LogP contribution in [-0.2, 0) is 12.8 Å². The molecular formula is C16H14N2O2S. The summed E-state index contributed by atoms with van der Waals surface area (Å²) in [6.45, 7) is 0. The second kappa shape index (κ2) is 5.98. The van der Waals surface area contributed by atoms with Crippen molar-refractivity contribution in [1.29, 1.82) is 5.26 Å². The number of carbonyl (C=O) groups is 1. The van der Waals surface area contributed by atoms with Gasteiger partial charge in [0, 0.05) is 17.2 Å². The van der Waals surface area contributed by atoms with Crippen LogP contribution in [0.5, 0.6) is 0 Å². The number of allylic oxidation sites excluding steroid dienone is 1. The van der Waals surface area contributed by atoms with Crippen LogP contribution in [0.2, 0.25) is 0 Å². The van der Waals surface area contributed by atoms with Crippen LogP contribution in [0.25, 0.3) is 0 Å². The van der Waals surface area contributed by atoms with Crippen molar-refractivity contribution < 1.29 is 9.21 Å². The minimum absolute atomic E-state index is 0.202. The van der Waals surface area contributed by atoms with E-state index in [0.29, 0.717) is 5.76 Å². The Morgan fingerprint density at radius 3 is 3.05 bits per heavy atom. The van der Waals surface area contributed by atoms with Gasteiger partial charge in [-0.05, 0) is 43.4 Å². The molecule has 2 aromatic rings. The predicted molar refractivity (Wildman–Crippen MR) is 81.5 cm³/mol. The zero-order chi connectivity index (χ0) is 14.7. The third-order valence-electron chi connectivity index (χ3n) is 3.50. The van der Waals surface area contributed by atoms with Crippen LogP contribution in [0.4, 0.5) is 5.00 Å². The van der Waals surface area contributed by atoms with Crippen LogP contribution < -0.4 is 5.32 Å². The van der Waals surface area contributed by atoms with Gasteiger partial charge in [-0.1, -0.05) is 0 Å². The number of nitrogens with one attached hydrogen (secondary N) is 1. The van der Waals surface area contributed by atoms with Crippen molar-refractivity contribution in [3.05, 3.63) is 52.4 Å². The van der Waals surface area contributed by atoms with Crippen molar-refractivity contribution in [1.82, 2.24) is 0 Å². The van der Waals surface area contributed by atoms with E-state index in [1.165, 1.54) is 29.2 Å². The Balaban J connectivity index is 1.75. The molecule has 0 bridgehead atoms. The maximum Gasteiger partial charge on any atom is 0.222 e. The van der Waals surface area contributed by atoms with Crippen LogP contribution >= 0.6 is 11.3 Å². The van der Waals surface area contributed by atoms with E-state index in [-0.39, 0.29) is 5.78 Å². The molecule has 2 heterocycles. The zero-order valence-corrected chi connectivity index (χ0v) is 12.2. The number of aryl methyl sites for hydroxylation is 1. The third-order valence-corrected chi connectivity index (χ3v) is 4.72. The minimum Gasteiger partial charge on any atom is -0.461 e. The fourth-order valence-corrected chi connectivity index (χ4v) is 3.70. The highest BCUT2D eigenvalue weighted by molar-refractivity contribution is 7.16. The maximum absolute atomic E-state index is 11.8. The lowest BCUT2D eigenvalue weighted by Gasteiger charge is -2.09. The molecule has 3 rings (SSSR count). The zero-order valence-electron chi connectivity index (χ0n) is 11.4. The molecule has 0 atom stereocenters. The molecule has 1 aliphatic rings. The van der Waals surface area contributed by atoms with E-state index in [4.69, 9.17) is 4.42 Å². The van der Waals surface area contributed by atoms with Crippen molar-refractivity contribution in [3.63, 3.8) is 0 Å².